The second-order valence-corrected chi connectivity index (χ2v) is 10.3. The lowest BCUT2D eigenvalue weighted by Crippen LogP contribution is -2.30. The Labute approximate surface area is 191 Å². The summed E-state index contributed by atoms with van der Waals surface area (Å²) in [4.78, 5) is 11.1. The molecule has 6 nitrogen and oxygen atoms in total. The molecule has 31 heavy (non-hydrogen) atoms. The largest absolute Gasteiger partial charge is 0.364 e. The lowest BCUT2D eigenvalue weighted by Gasteiger charge is -2.34. The van der Waals surface area contributed by atoms with Gasteiger partial charge in [-0.25, -0.2) is 8.42 Å². The summed E-state index contributed by atoms with van der Waals surface area (Å²) in [6, 6.07) is 12.8. The average molecular weight is 508 g/mol. The Balaban J connectivity index is 2.17. The fourth-order valence-corrected chi connectivity index (χ4v) is 5.91. The predicted octanol–water partition coefficient (Wildman–Crippen LogP) is 6.05. The molecule has 3 rings (SSSR count). The van der Waals surface area contributed by atoms with Gasteiger partial charge in [-0.3, -0.25) is 10.1 Å². The van der Waals surface area contributed by atoms with E-state index in [1.807, 2.05) is 6.92 Å². The van der Waals surface area contributed by atoms with Crippen LogP contribution in [0.4, 0.5) is 5.69 Å². The van der Waals surface area contributed by atoms with E-state index in [9.17, 15) is 18.5 Å². The predicted molar refractivity (Wildman–Crippen MR) is 124 cm³/mol. The average Bonchev–Trinajstić information content (AvgIpc) is 2.77. The summed E-state index contributed by atoms with van der Waals surface area (Å²) in [6.07, 6.45) is 2.05. The number of ether oxygens (including phenoxy) is 1. The fraction of sp³-hybridized carbons (Fsp3) is 0.391. The van der Waals surface area contributed by atoms with E-state index in [1.54, 1.807) is 36.4 Å². The number of nitrogens with zero attached hydrogens (tertiary/aromatic N) is 1. The van der Waals surface area contributed by atoms with Crippen LogP contribution in [0.1, 0.15) is 49.8 Å². The van der Waals surface area contributed by atoms with Gasteiger partial charge in [0.1, 0.15) is 6.10 Å². The van der Waals surface area contributed by atoms with Gasteiger partial charge in [0, 0.05) is 17.5 Å². The first-order valence-corrected chi connectivity index (χ1v) is 12.9. The first kappa shape index (κ1) is 23.6. The van der Waals surface area contributed by atoms with E-state index in [2.05, 4.69) is 22.9 Å². The third-order valence-corrected chi connectivity index (χ3v) is 8.12. The highest BCUT2D eigenvalue weighted by molar-refractivity contribution is 9.09. The van der Waals surface area contributed by atoms with Crippen LogP contribution < -0.4 is 0 Å². The van der Waals surface area contributed by atoms with Crippen molar-refractivity contribution in [3.05, 3.63) is 80.3 Å². The summed E-state index contributed by atoms with van der Waals surface area (Å²) in [5.74, 6) is 0. The first-order chi connectivity index (χ1) is 14.8. The lowest BCUT2D eigenvalue weighted by atomic mass is 9.95. The topological polar surface area (TPSA) is 86.5 Å². The van der Waals surface area contributed by atoms with Crippen molar-refractivity contribution < 1.29 is 18.1 Å². The molecule has 1 aliphatic heterocycles. The Morgan fingerprint density at radius 1 is 1.13 bits per heavy atom. The number of hydrogen-bond acceptors (Lipinski definition) is 5. The minimum atomic E-state index is -3.81. The van der Waals surface area contributed by atoms with Crippen LogP contribution in [0.15, 0.2) is 63.9 Å². The van der Waals surface area contributed by atoms with Gasteiger partial charge in [-0.1, -0.05) is 47.0 Å². The van der Waals surface area contributed by atoms with Gasteiger partial charge in [0.05, 0.1) is 20.8 Å². The molecule has 1 aliphatic rings. The summed E-state index contributed by atoms with van der Waals surface area (Å²) in [7, 11) is -3.81. The summed E-state index contributed by atoms with van der Waals surface area (Å²) in [5.41, 5.74) is 2.40. The van der Waals surface area contributed by atoms with E-state index in [1.165, 1.54) is 12.1 Å². The number of unbranched alkanes of at least 4 members (excludes halogenated alkanes) is 1. The van der Waals surface area contributed by atoms with Crippen LogP contribution in [0.25, 0.3) is 0 Å². The van der Waals surface area contributed by atoms with E-state index >= 15 is 0 Å². The summed E-state index contributed by atoms with van der Waals surface area (Å²) < 4.78 is 33.8. The minimum Gasteiger partial charge on any atom is -0.364 e. The summed E-state index contributed by atoms with van der Waals surface area (Å²) in [6.45, 7) is 3.98. The molecule has 0 saturated heterocycles. The van der Waals surface area contributed by atoms with E-state index in [4.69, 9.17) is 4.74 Å². The first-order valence-electron chi connectivity index (χ1n) is 10.3. The third kappa shape index (κ3) is 5.25. The number of aryl methyl sites for hydroxylation is 1. The monoisotopic (exact) mass is 507 g/mol. The van der Waals surface area contributed by atoms with Crippen molar-refractivity contribution in [2.75, 3.05) is 5.33 Å². The van der Waals surface area contributed by atoms with Crippen molar-refractivity contribution in [3.8, 4) is 0 Å². The van der Waals surface area contributed by atoms with Crippen molar-refractivity contribution in [1.29, 1.82) is 0 Å². The molecule has 2 aromatic carbocycles. The molecule has 0 saturated carbocycles. The molecule has 0 spiro atoms. The SMILES string of the molecule is CCCCC1=C(S(=O)(=O)c2ccc(C)cc2)[C@@H](c2ccc([N+](=O)[O-])cc2)O[C@H](CBr)C1. The number of hydrogen-bond donors (Lipinski definition) is 0. The molecular weight excluding hydrogens is 482 g/mol. The van der Waals surface area contributed by atoms with Crippen molar-refractivity contribution in [1.82, 2.24) is 0 Å². The molecule has 1 heterocycles. The second-order valence-electron chi connectivity index (χ2n) is 7.73. The van der Waals surface area contributed by atoms with Crippen molar-refractivity contribution >= 4 is 31.5 Å². The molecule has 0 bridgehead atoms. The van der Waals surface area contributed by atoms with E-state index in [0.29, 0.717) is 23.7 Å². The number of nitro benzene ring substituents is 1. The maximum absolute atomic E-state index is 13.8. The van der Waals surface area contributed by atoms with Crippen LogP contribution in [0.3, 0.4) is 0 Å². The van der Waals surface area contributed by atoms with Crippen molar-refractivity contribution in [2.45, 2.75) is 56.6 Å². The number of benzene rings is 2. The van der Waals surface area contributed by atoms with Crippen LogP contribution in [0.2, 0.25) is 0 Å². The van der Waals surface area contributed by atoms with Crippen molar-refractivity contribution in [3.63, 3.8) is 0 Å². The molecule has 0 aromatic heterocycles. The Kier molecular flexibility index (Phi) is 7.67. The van der Waals surface area contributed by atoms with Gasteiger partial charge < -0.3 is 4.74 Å². The van der Waals surface area contributed by atoms with Gasteiger partial charge in [0.15, 0.2) is 0 Å². The summed E-state index contributed by atoms with van der Waals surface area (Å²) in [5, 5.41) is 11.6. The van der Waals surface area contributed by atoms with E-state index < -0.39 is 20.9 Å². The molecule has 0 amide bonds. The number of rotatable bonds is 8. The molecule has 166 valence electrons. The second kappa shape index (κ2) is 10.1. The quantitative estimate of drug-likeness (QED) is 0.246. The van der Waals surface area contributed by atoms with Gasteiger partial charge in [-0.2, -0.15) is 0 Å². The molecule has 0 N–H and O–H groups in total. The highest BCUT2D eigenvalue weighted by Crippen LogP contribution is 2.43. The Morgan fingerprint density at radius 3 is 2.32 bits per heavy atom. The fourth-order valence-electron chi connectivity index (χ4n) is 3.75. The molecule has 0 unspecified atom stereocenters. The Morgan fingerprint density at radius 2 is 1.77 bits per heavy atom. The maximum Gasteiger partial charge on any atom is 0.269 e. The van der Waals surface area contributed by atoms with Crippen LogP contribution in [0.5, 0.6) is 0 Å². The van der Waals surface area contributed by atoms with Crippen LogP contribution in [-0.4, -0.2) is 24.8 Å². The number of non-ortho nitro benzene ring substituents is 1. The molecule has 0 radical (unpaired) electrons. The van der Waals surface area contributed by atoms with Gasteiger partial charge in [-0.05, 0) is 61.6 Å². The zero-order valence-corrected chi connectivity index (χ0v) is 20.0. The lowest BCUT2D eigenvalue weighted by molar-refractivity contribution is -0.384. The normalized spacial score (nSPS) is 19.5. The zero-order valence-electron chi connectivity index (χ0n) is 17.6. The summed E-state index contributed by atoms with van der Waals surface area (Å²) >= 11 is 3.47. The molecule has 2 aromatic rings. The highest BCUT2D eigenvalue weighted by Gasteiger charge is 2.38. The number of nitro groups is 1. The van der Waals surface area contributed by atoms with Crippen LogP contribution in [-0.2, 0) is 14.6 Å². The Bertz CT molecular complexity index is 1060. The van der Waals surface area contributed by atoms with Gasteiger partial charge in [-0.15, -0.1) is 0 Å². The number of halogens is 1. The zero-order chi connectivity index (χ0) is 22.6. The molecule has 2 atom stereocenters. The molecular formula is C23H26BrNO5S. The van der Waals surface area contributed by atoms with Gasteiger partial charge in [0.2, 0.25) is 9.84 Å². The standard InChI is InChI=1S/C23H26BrNO5S/c1-3-4-5-18-14-20(15-24)30-22(17-8-10-19(11-9-17)25(26)27)23(18)31(28,29)21-12-6-16(2)7-13-21/h6-13,20,22H,3-5,14-15H2,1-2H3/t20-,22+/m0/s1. The van der Waals surface area contributed by atoms with Gasteiger partial charge >= 0.3 is 0 Å². The smallest absolute Gasteiger partial charge is 0.269 e. The number of alkyl halides is 1. The minimum absolute atomic E-state index is 0.0465. The van der Waals surface area contributed by atoms with Crippen molar-refractivity contribution in [2.24, 2.45) is 0 Å². The van der Waals surface area contributed by atoms with Crippen LogP contribution >= 0.6 is 15.9 Å². The third-order valence-electron chi connectivity index (χ3n) is 5.42. The molecule has 0 fully saturated rings. The van der Waals surface area contributed by atoms with Crippen LogP contribution in [0, 0.1) is 17.0 Å². The maximum atomic E-state index is 13.8. The molecule has 8 heteroatoms. The highest BCUT2D eigenvalue weighted by atomic mass is 79.9. The molecule has 0 aliphatic carbocycles. The van der Waals surface area contributed by atoms with Gasteiger partial charge in [0.25, 0.3) is 5.69 Å². The number of sulfone groups is 1. The van der Waals surface area contributed by atoms with E-state index in [-0.39, 0.29) is 21.6 Å². The van der Waals surface area contributed by atoms with E-state index in [0.717, 1.165) is 24.0 Å². The Hall–Kier alpha value is -2.03.